The number of benzene rings is 2. The van der Waals surface area contributed by atoms with Crippen molar-refractivity contribution in [2.45, 2.75) is 38.9 Å². The molecule has 0 aliphatic rings. The van der Waals surface area contributed by atoms with E-state index < -0.39 is 17.3 Å². The zero-order chi connectivity index (χ0) is 19.7. The van der Waals surface area contributed by atoms with Crippen molar-refractivity contribution in [2.24, 2.45) is 0 Å². The van der Waals surface area contributed by atoms with Crippen molar-refractivity contribution < 1.29 is 13.2 Å². The van der Waals surface area contributed by atoms with Crippen LogP contribution in [0.1, 0.15) is 37.2 Å². The number of nitrogens with one attached hydrogen (secondary N) is 1. The van der Waals surface area contributed by atoms with Crippen molar-refractivity contribution in [1.82, 2.24) is 20.2 Å². The lowest BCUT2D eigenvalue weighted by Crippen LogP contribution is -2.34. The quantitative estimate of drug-likeness (QED) is 0.701. The van der Waals surface area contributed by atoms with Gasteiger partial charge in [-0.2, -0.15) is 17.9 Å². The van der Waals surface area contributed by atoms with Crippen LogP contribution in [0.25, 0.3) is 5.69 Å². The minimum absolute atomic E-state index is 0.354. The van der Waals surface area contributed by atoms with Crippen molar-refractivity contribution in [3.63, 3.8) is 0 Å². The number of alkyl halides is 3. The Morgan fingerprint density at radius 1 is 1.07 bits per heavy atom. The Kier molecular flexibility index (Phi) is 4.91. The van der Waals surface area contributed by atoms with E-state index in [4.69, 9.17) is 0 Å². The molecule has 1 unspecified atom stereocenters. The number of hydrogen-bond donors (Lipinski definition) is 1. The molecule has 1 heterocycles. The first-order valence-electron chi connectivity index (χ1n) is 8.54. The Hall–Kier alpha value is -2.90. The number of nitrogens with zero attached hydrogens (tertiary/aromatic N) is 4. The average Bonchev–Trinajstić information content (AvgIpc) is 3.12. The van der Waals surface area contributed by atoms with Gasteiger partial charge in [0, 0.05) is 5.69 Å². The lowest BCUT2D eigenvalue weighted by Gasteiger charge is -2.29. The minimum atomic E-state index is -4.40. The Balaban J connectivity index is 1.97. The maximum absolute atomic E-state index is 13.0. The van der Waals surface area contributed by atoms with Crippen molar-refractivity contribution in [1.29, 1.82) is 0 Å². The Bertz CT molecular complexity index is 918. The number of rotatable bonds is 5. The largest absolute Gasteiger partial charge is 0.416 e. The van der Waals surface area contributed by atoms with E-state index in [1.807, 2.05) is 45.0 Å². The van der Waals surface area contributed by atoms with Gasteiger partial charge in [-0.1, -0.05) is 30.7 Å². The fourth-order valence-corrected chi connectivity index (χ4v) is 2.79. The molecule has 8 heteroatoms. The van der Waals surface area contributed by atoms with Gasteiger partial charge < -0.3 is 5.32 Å². The SMILES string of the molecule is CCC(C)(Nc1cccc(C(F)(F)F)c1)c1nnnn1-c1ccc(C)cc1. The second-order valence-electron chi connectivity index (χ2n) is 6.64. The topological polar surface area (TPSA) is 55.6 Å². The van der Waals surface area contributed by atoms with E-state index in [9.17, 15) is 13.2 Å². The van der Waals surface area contributed by atoms with Gasteiger partial charge in [0.05, 0.1) is 16.8 Å². The molecule has 0 radical (unpaired) electrons. The van der Waals surface area contributed by atoms with E-state index in [0.29, 0.717) is 17.9 Å². The molecule has 3 aromatic rings. The van der Waals surface area contributed by atoms with Crippen LogP contribution in [-0.2, 0) is 11.7 Å². The molecule has 142 valence electrons. The van der Waals surface area contributed by atoms with Gasteiger partial charge in [0.2, 0.25) is 0 Å². The zero-order valence-corrected chi connectivity index (χ0v) is 15.2. The first-order chi connectivity index (χ1) is 12.7. The normalized spacial score (nSPS) is 14.0. The van der Waals surface area contributed by atoms with Gasteiger partial charge in [0.25, 0.3) is 0 Å². The van der Waals surface area contributed by atoms with Gasteiger partial charge >= 0.3 is 6.18 Å². The molecule has 3 rings (SSSR count). The predicted octanol–water partition coefficient (Wildman–Crippen LogP) is 4.73. The molecule has 27 heavy (non-hydrogen) atoms. The molecule has 1 atom stereocenters. The van der Waals surface area contributed by atoms with Crippen LogP contribution in [-0.4, -0.2) is 20.2 Å². The standard InChI is InChI=1S/C19H20F3N5/c1-4-18(3,23-15-7-5-6-14(12-15)19(20,21)22)17-24-25-26-27(17)16-10-8-13(2)9-11-16/h5-12,23H,4H2,1-3H3. The van der Waals surface area contributed by atoms with E-state index in [1.165, 1.54) is 6.07 Å². The van der Waals surface area contributed by atoms with Crippen LogP contribution in [0.5, 0.6) is 0 Å². The monoisotopic (exact) mass is 375 g/mol. The molecule has 5 nitrogen and oxygen atoms in total. The van der Waals surface area contributed by atoms with E-state index in [1.54, 1.807) is 10.7 Å². The molecule has 0 spiro atoms. The summed E-state index contributed by atoms with van der Waals surface area (Å²) in [5, 5.41) is 15.2. The third kappa shape index (κ3) is 3.94. The molecule has 0 aliphatic carbocycles. The van der Waals surface area contributed by atoms with Crippen molar-refractivity contribution in [3.05, 3.63) is 65.5 Å². The number of hydrogen-bond acceptors (Lipinski definition) is 4. The number of aryl methyl sites for hydroxylation is 1. The van der Waals surface area contributed by atoms with E-state index in [2.05, 4.69) is 20.8 Å². The van der Waals surface area contributed by atoms with Crippen molar-refractivity contribution >= 4 is 5.69 Å². The summed E-state index contributed by atoms with van der Waals surface area (Å²) in [5.41, 5.74) is 0.773. The van der Waals surface area contributed by atoms with Crippen LogP contribution in [0.4, 0.5) is 18.9 Å². The van der Waals surface area contributed by atoms with E-state index >= 15 is 0 Å². The lowest BCUT2D eigenvalue weighted by atomic mass is 9.96. The van der Waals surface area contributed by atoms with Crippen LogP contribution in [0.15, 0.2) is 48.5 Å². The summed E-state index contributed by atoms with van der Waals surface area (Å²) in [5.74, 6) is 0.520. The average molecular weight is 375 g/mol. The van der Waals surface area contributed by atoms with E-state index in [-0.39, 0.29) is 0 Å². The zero-order valence-electron chi connectivity index (χ0n) is 15.2. The summed E-state index contributed by atoms with van der Waals surface area (Å²) >= 11 is 0. The highest BCUT2D eigenvalue weighted by molar-refractivity contribution is 5.49. The number of halogens is 3. The maximum Gasteiger partial charge on any atom is 0.416 e. The third-order valence-corrected chi connectivity index (χ3v) is 4.56. The van der Waals surface area contributed by atoms with Crippen molar-refractivity contribution in [2.75, 3.05) is 5.32 Å². The van der Waals surface area contributed by atoms with Gasteiger partial charge in [0.15, 0.2) is 5.82 Å². The van der Waals surface area contributed by atoms with Gasteiger partial charge in [-0.3, -0.25) is 0 Å². The molecule has 1 aromatic heterocycles. The summed E-state index contributed by atoms with van der Waals surface area (Å²) in [7, 11) is 0. The maximum atomic E-state index is 13.0. The smallest absolute Gasteiger partial charge is 0.373 e. The minimum Gasteiger partial charge on any atom is -0.373 e. The number of aromatic nitrogens is 4. The van der Waals surface area contributed by atoms with Gasteiger partial charge in [-0.25, -0.2) is 0 Å². The molecule has 1 N–H and O–H groups in total. The number of tetrazole rings is 1. The molecular formula is C19H20F3N5. The molecule has 0 amide bonds. The summed E-state index contributed by atoms with van der Waals surface area (Å²) in [6, 6.07) is 12.8. The second-order valence-corrected chi connectivity index (χ2v) is 6.64. The highest BCUT2D eigenvalue weighted by atomic mass is 19.4. The predicted molar refractivity (Wildman–Crippen MR) is 96.6 cm³/mol. The Morgan fingerprint density at radius 2 is 1.78 bits per heavy atom. The van der Waals surface area contributed by atoms with Crippen LogP contribution in [0.2, 0.25) is 0 Å². The van der Waals surface area contributed by atoms with Crippen molar-refractivity contribution in [3.8, 4) is 5.69 Å². The molecule has 0 saturated heterocycles. The van der Waals surface area contributed by atoms with Gasteiger partial charge in [-0.05, 0) is 61.0 Å². The van der Waals surface area contributed by atoms with Gasteiger partial charge in [0.1, 0.15) is 0 Å². The van der Waals surface area contributed by atoms with Crippen LogP contribution >= 0.6 is 0 Å². The third-order valence-electron chi connectivity index (χ3n) is 4.56. The summed E-state index contributed by atoms with van der Waals surface area (Å²) < 4.78 is 40.6. The van der Waals surface area contributed by atoms with Gasteiger partial charge in [-0.15, -0.1) is 5.10 Å². The Morgan fingerprint density at radius 3 is 2.41 bits per heavy atom. The van der Waals surface area contributed by atoms with Crippen LogP contribution in [0, 0.1) is 6.92 Å². The van der Waals surface area contributed by atoms with E-state index in [0.717, 1.165) is 23.4 Å². The first-order valence-corrected chi connectivity index (χ1v) is 8.54. The summed E-state index contributed by atoms with van der Waals surface area (Å²) in [4.78, 5) is 0. The number of anilines is 1. The molecule has 2 aromatic carbocycles. The fourth-order valence-electron chi connectivity index (χ4n) is 2.79. The second kappa shape index (κ2) is 7.02. The molecular weight excluding hydrogens is 355 g/mol. The first kappa shape index (κ1) is 18.9. The lowest BCUT2D eigenvalue weighted by molar-refractivity contribution is -0.137. The molecule has 0 aliphatic heterocycles. The Labute approximate surface area is 155 Å². The van der Waals surface area contributed by atoms with Crippen LogP contribution < -0.4 is 5.32 Å². The fraction of sp³-hybridized carbons (Fsp3) is 0.316. The summed E-state index contributed by atoms with van der Waals surface area (Å²) in [6.45, 7) is 5.77. The highest BCUT2D eigenvalue weighted by Crippen LogP contribution is 2.33. The molecule has 0 bridgehead atoms. The highest BCUT2D eigenvalue weighted by Gasteiger charge is 2.34. The summed E-state index contributed by atoms with van der Waals surface area (Å²) in [6.07, 6.45) is -3.83. The molecule has 0 fully saturated rings. The van der Waals surface area contributed by atoms with Crippen LogP contribution in [0.3, 0.4) is 0 Å². The molecule has 0 saturated carbocycles.